The van der Waals surface area contributed by atoms with Gasteiger partial charge >= 0.3 is 0 Å². The third-order valence-electron chi connectivity index (χ3n) is 4.94. The van der Waals surface area contributed by atoms with Gasteiger partial charge in [0.2, 0.25) is 5.91 Å². The molecule has 6 N–H and O–H groups in total. The van der Waals surface area contributed by atoms with Crippen LogP contribution in [0.5, 0.6) is 0 Å². The number of aromatic nitrogens is 2. The molecule has 168 valence electrons. The fourth-order valence-corrected chi connectivity index (χ4v) is 3.80. The molecule has 0 unspecified atom stereocenters. The predicted molar refractivity (Wildman–Crippen MR) is 127 cm³/mol. The molecular formula is C23H19Cl2FN6O. The molecule has 0 saturated carbocycles. The summed E-state index contributed by atoms with van der Waals surface area (Å²) < 4.78 is 15.6. The Balaban J connectivity index is 1.73. The van der Waals surface area contributed by atoms with Crippen LogP contribution in [0.25, 0.3) is 22.6 Å². The number of amides is 1. The SMILES string of the molecule is NC(=O)c1cc(CN(N)/C=C(\N)c2c(-c3ccc(Cl)cc3)nc3ccc(F)cn23)ccc1Cl. The number of benzene rings is 2. The van der Waals surface area contributed by atoms with Gasteiger partial charge in [0.05, 0.1) is 34.2 Å². The molecule has 0 radical (unpaired) electrons. The van der Waals surface area contributed by atoms with Crippen molar-refractivity contribution in [2.24, 2.45) is 17.3 Å². The van der Waals surface area contributed by atoms with Crippen LogP contribution in [0.2, 0.25) is 10.0 Å². The molecule has 7 nitrogen and oxygen atoms in total. The number of hydrazine groups is 1. The van der Waals surface area contributed by atoms with Crippen molar-refractivity contribution in [3.8, 4) is 11.3 Å². The largest absolute Gasteiger partial charge is 0.396 e. The molecule has 0 fully saturated rings. The average Bonchev–Trinajstić information content (AvgIpc) is 3.14. The number of carbonyl (C=O) groups excluding carboxylic acids is 1. The van der Waals surface area contributed by atoms with Crippen molar-refractivity contribution in [3.63, 3.8) is 0 Å². The molecule has 2 aromatic heterocycles. The summed E-state index contributed by atoms with van der Waals surface area (Å²) in [5.74, 6) is 5.08. The lowest BCUT2D eigenvalue weighted by atomic mass is 10.1. The number of primary amides is 1. The molecule has 2 heterocycles. The summed E-state index contributed by atoms with van der Waals surface area (Å²) >= 11 is 12.0. The van der Waals surface area contributed by atoms with E-state index in [1.165, 1.54) is 23.5 Å². The normalized spacial score (nSPS) is 11.7. The lowest BCUT2D eigenvalue weighted by Gasteiger charge is -2.16. The van der Waals surface area contributed by atoms with Gasteiger partial charge in [0.25, 0.3) is 0 Å². The number of nitrogens with two attached hydrogens (primary N) is 3. The van der Waals surface area contributed by atoms with Crippen LogP contribution in [0.3, 0.4) is 0 Å². The number of hydrogen-bond donors (Lipinski definition) is 3. The monoisotopic (exact) mass is 484 g/mol. The van der Waals surface area contributed by atoms with E-state index in [1.807, 2.05) is 0 Å². The van der Waals surface area contributed by atoms with Gasteiger partial charge in [-0.2, -0.15) is 0 Å². The first-order valence-corrected chi connectivity index (χ1v) is 10.5. The van der Waals surface area contributed by atoms with Gasteiger partial charge in [-0.05, 0) is 42.0 Å². The van der Waals surface area contributed by atoms with E-state index in [4.69, 9.17) is 40.5 Å². The smallest absolute Gasteiger partial charge is 0.250 e. The van der Waals surface area contributed by atoms with E-state index < -0.39 is 11.7 Å². The highest BCUT2D eigenvalue weighted by Gasteiger charge is 2.18. The number of carbonyl (C=O) groups is 1. The molecule has 4 rings (SSSR count). The van der Waals surface area contributed by atoms with Crippen molar-refractivity contribution >= 4 is 40.5 Å². The van der Waals surface area contributed by atoms with Crippen LogP contribution in [-0.2, 0) is 6.54 Å². The van der Waals surface area contributed by atoms with Crippen LogP contribution >= 0.6 is 23.2 Å². The molecule has 4 aromatic rings. The van der Waals surface area contributed by atoms with E-state index in [9.17, 15) is 9.18 Å². The number of fused-ring (bicyclic) bond motifs is 1. The van der Waals surface area contributed by atoms with Crippen molar-refractivity contribution in [2.45, 2.75) is 6.54 Å². The number of hydrogen-bond acceptors (Lipinski definition) is 5. The molecule has 1 amide bonds. The quantitative estimate of drug-likeness (QED) is 0.280. The second kappa shape index (κ2) is 9.11. The Labute approximate surface area is 198 Å². The van der Waals surface area contributed by atoms with Crippen molar-refractivity contribution < 1.29 is 9.18 Å². The number of nitrogens with zero attached hydrogens (tertiary/aromatic N) is 3. The summed E-state index contributed by atoms with van der Waals surface area (Å²) in [5, 5.41) is 2.17. The number of rotatable bonds is 6. The highest BCUT2D eigenvalue weighted by molar-refractivity contribution is 6.33. The first kappa shape index (κ1) is 22.6. The lowest BCUT2D eigenvalue weighted by Crippen LogP contribution is -2.26. The highest BCUT2D eigenvalue weighted by atomic mass is 35.5. The Kier molecular flexibility index (Phi) is 6.24. The topological polar surface area (TPSA) is 116 Å². The van der Waals surface area contributed by atoms with Crippen LogP contribution in [0, 0.1) is 5.82 Å². The summed E-state index contributed by atoms with van der Waals surface area (Å²) in [5.41, 5.74) is 15.2. The van der Waals surface area contributed by atoms with Crippen LogP contribution in [0.4, 0.5) is 4.39 Å². The predicted octanol–water partition coefficient (Wildman–Crippen LogP) is 4.18. The summed E-state index contributed by atoms with van der Waals surface area (Å²) in [6, 6.07) is 14.8. The van der Waals surface area contributed by atoms with Gasteiger partial charge in [-0.15, -0.1) is 0 Å². The Morgan fingerprint density at radius 3 is 2.52 bits per heavy atom. The minimum atomic E-state index is -0.638. The van der Waals surface area contributed by atoms with Crippen LogP contribution < -0.4 is 17.3 Å². The van der Waals surface area contributed by atoms with Crippen LogP contribution in [0.15, 0.2) is 67.0 Å². The molecule has 0 aliphatic rings. The van der Waals surface area contributed by atoms with Gasteiger partial charge in [-0.25, -0.2) is 15.2 Å². The fourth-order valence-electron chi connectivity index (χ4n) is 3.46. The third-order valence-corrected chi connectivity index (χ3v) is 5.52. The van der Waals surface area contributed by atoms with Gasteiger partial charge < -0.3 is 16.5 Å². The Morgan fingerprint density at radius 2 is 1.82 bits per heavy atom. The second-order valence-corrected chi connectivity index (χ2v) is 8.17. The fraction of sp³-hybridized carbons (Fsp3) is 0.0435. The number of imidazole rings is 1. The minimum absolute atomic E-state index is 0.196. The standard InChI is InChI=1S/C23H19Cl2FN6O/c24-15-4-2-14(3-5-15)21-22(32-11-16(26)6-8-20(32)30-21)19(27)12-31(29)10-13-1-7-18(25)17(9-13)23(28)33/h1-9,11-12H,10,27,29H2,(H2,28,33)/b19-12-. The summed E-state index contributed by atoms with van der Waals surface area (Å²) in [4.78, 5) is 16.2. The Morgan fingerprint density at radius 1 is 1.09 bits per heavy atom. The average molecular weight is 485 g/mol. The van der Waals surface area contributed by atoms with Crippen molar-refractivity contribution in [3.05, 3.63) is 99.7 Å². The van der Waals surface area contributed by atoms with Crippen molar-refractivity contribution in [1.82, 2.24) is 14.4 Å². The molecule has 10 heteroatoms. The zero-order valence-corrected chi connectivity index (χ0v) is 18.7. The molecule has 0 atom stereocenters. The number of pyridine rings is 1. The summed E-state index contributed by atoms with van der Waals surface area (Å²) in [6.45, 7) is 0.208. The molecule has 0 aliphatic carbocycles. The first-order valence-electron chi connectivity index (χ1n) is 9.73. The molecule has 0 bridgehead atoms. The lowest BCUT2D eigenvalue weighted by molar-refractivity contribution is 0.1000. The maximum atomic E-state index is 14.0. The van der Waals surface area contributed by atoms with Crippen molar-refractivity contribution in [1.29, 1.82) is 0 Å². The molecule has 33 heavy (non-hydrogen) atoms. The maximum Gasteiger partial charge on any atom is 0.250 e. The minimum Gasteiger partial charge on any atom is -0.396 e. The van der Waals surface area contributed by atoms with E-state index in [1.54, 1.807) is 52.9 Å². The van der Waals surface area contributed by atoms with Crippen LogP contribution in [-0.4, -0.2) is 20.3 Å². The van der Waals surface area contributed by atoms with Gasteiger partial charge in [0, 0.05) is 23.0 Å². The van der Waals surface area contributed by atoms with Gasteiger partial charge in [0.15, 0.2) is 0 Å². The van der Waals surface area contributed by atoms with E-state index in [0.717, 1.165) is 5.56 Å². The molecule has 0 saturated heterocycles. The Hall–Kier alpha value is -3.59. The zero-order valence-electron chi connectivity index (χ0n) is 17.2. The highest BCUT2D eigenvalue weighted by Crippen LogP contribution is 2.29. The first-order chi connectivity index (χ1) is 15.7. The zero-order chi connectivity index (χ0) is 23.7. The molecular weight excluding hydrogens is 466 g/mol. The second-order valence-electron chi connectivity index (χ2n) is 7.33. The molecule has 2 aromatic carbocycles. The van der Waals surface area contributed by atoms with Gasteiger partial charge in [-0.3, -0.25) is 9.20 Å². The van der Waals surface area contributed by atoms with Gasteiger partial charge in [0.1, 0.15) is 11.5 Å². The van der Waals surface area contributed by atoms with Gasteiger partial charge in [-0.1, -0.05) is 41.4 Å². The summed E-state index contributed by atoms with van der Waals surface area (Å²) in [7, 11) is 0. The van der Waals surface area contributed by atoms with E-state index in [0.29, 0.717) is 27.6 Å². The third kappa shape index (κ3) is 4.78. The van der Waals surface area contributed by atoms with Crippen molar-refractivity contribution in [2.75, 3.05) is 0 Å². The number of halogens is 3. The Bertz CT molecular complexity index is 1380. The van der Waals surface area contributed by atoms with E-state index in [-0.39, 0.29) is 22.8 Å². The molecule has 0 aliphatic heterocycles. The maximum absolute atomic E-state index is 14.0. The van der Waals surface area contributed by atoms with E-state index in [2.05, 4.69) is 4.98 Å². The van der Waals surface area contributed by atoms with E-state index >= 15 is 0 Å². The van der Waals surface area contributed by atoms with Crippen LogP contribution in [0.1, 0.15) is 21.6 Å². The molecule has 0 spiro atoms. The summed E-state index contributed by atoms with van der Waals surface area (Å²) in [6.07, 6.45) is 2.81.